The minimum Gasteiger partial charge on any atom is -0.333 e. The Labute approximate surface area is 152 Å². The molecule has 0 spiro atoms. The number of halogens is 2. The summed E-state index contributed by atoms with van der Waals surface area (Å²) in [6, 6.07) is 8.30. The van der Waals surface area contributed by atoms with E-state index >= 15 is 0 Å². The van der Waals surface area contributed by atoms with Crippen LogP contribution in [-0.4, -0.2) is 35.1 Å². The lowest BCUT2D eigenvalue weighted by molar-refractivity contribution is 0.0400. The van der Waals surface area contributed by atoms with Crippen LogP contribution in [0.5, 0.6) is 0 Å². The van der Waals surface area contributed by atoms with E-state index < -0.39 is 12.0 Å². The summed E-state index contributed by atoms with van der Waals surface area (Å²) >= 11 is 0. The minimum absolute atomic E-state index is 0.0829. The first-order valence-corrected chi connectivity index (χ1v) is 9.29. The highest BCUT2D eigenvalue weighted by atomic mass is 19.1. The molecule has 0 N–H and O–H groups in total. The molecule has 3 nitrogen and oxygen atoms in total. The fourth-order valence-corrected chi connectivity index (χ4v) is 3.44. The van der Waals surface area contributed by atoms with Crippen LogP contribution in [0.2, 0.25) is 0 Å². The first-order valence-electron chi connectivity index (χ1n) is 9.29. The van der Waals surface area contributed by atoms with Gasteiger partial charge in [0.25, 0.3) is 5.91 Å². The number of alkyl halides is 1. The molecular weight excluding hydrogens is 334 g/mol. The van der Waals surface area contributed by atoms with Crippen LogP contribution in [0, 0.1) is 5.82 Å². The van der Waals surface area contributed by atoms with Crippen molar-refractivity contribution in [3.8, 4) is 11.1 Å². The Morgan fingerprint density at radius 3 is 2.65 bits per heavy atom. The number of hydrogen-bond donors (Lipinski definition) is 0. The lowest BCUT2D eigenvalue weighted by atomic mass is 9.96. The monoisotopic (exact) mass is 356 g/mol. The van der Waals surface area contributed by atoms with Gasteiger partial charge >= 0.3 is 0 Å². The van der Waals surface area contributed by atoms with Crippen molar-refractivity contribution in [2.45, 2.75) is 44.7 Å². The second kappa shape index (κ2) is 6.78. The molecule has 1 saturated heterocycles. The van der Waals surface area contributed by atoms with Crippen LogP contribution in [0.15, 0.2) is 30.3 Å². The van der Waals surface area contributed by atoms with Gasteiger partial charge in [-0.15, -0.1) is 0 Å². The van der Waals surface area contributed by atoms with Gasteiger partial charge in [0.05, 0.1) is 18.7 Å². The SMILES string of the molecule is CCCc1cc(-c2ccc(F)cc2C(=O)N2CC(F)C2)cc(C2CC2)n1. The van der Waals surface area contributed by atoms with E-state index in [4.69, 9.17) is 4.98 Å². The van der Waals surface area contributed by atoms with Gasteiger partial charge in [-0.2, -0.15) is 0 Å². The second-order valence-corrected chi connectivity index (χ2v) is 7.29. The summed E-state index contributed by atoms with van der Waals surface area (Å²) in [6.45, 7) is 2.27. The fourth-order valence-electron chi connectivity index (χ4n) is 3.44. The maximum atomic E-state index is 13.8. The van der Waals surface area contributed by atoms with Crippen molar-refractivity contribution < 1.29 is 13.6 Å². The molecule has 2 fully saturated rings. The van der Waals surface area contributed by atoms with E-state index in [0.29, 0.717) is 17.0 Å². The molecule has 1 aliphatic carbocycles. The van der Waals surface area contributed by atoms with E-state index in [1.807, 2.05) is 12.1 Å². The van der Waals surface area contributed by atoms with Crippen molar-refractivity contribution in [3.05, 3.63) is 53.1 Å². The molecule has 1 aromatic carbocycles. The number of rotatable bonds is 5. The first-order chi connectivity index (χ1) is 12.5. The standard InChI is InChI=1S/C21H22F2N2O/c1-2-3-17-8-14(9-20(24-17)13-4-5-13)18-7-6-15(22)10-19(18)21(26)25-11-16(23)12-25/h6-10,13,16H,2-5,11-12H2,1H3. The van der Waals surface area contributed by atoms with Gasteiger partial charge < -0.3 is 4.90 Å². The molecule has 4 rings (SSSR count). The van der Waals surface area contributed by atoms with Gasteiger partial charge in [-0.25, -0.2) is 8.78 Å². The Balaban J connectivity index is 1.76. The van der Waals surface area contributed by atoms with Crippen LogP contribution in [0.3, 0.4) is 0 Å². The zero-order chi connectivity index (χ0) is 18.3. The summed E-state index contributed by atoms with van der Waals surface area (Å²) in [4.78, 5) is 18.9. The van der Waals surface area contributed by atoms with Crippen LogP contribution in [-0.2, 0) is 6.42 Å². The molecule has 26 heavy (non-hydrogen) atoms. The van der Waals surface area contributed by atoms with Gasteiger partial charge in [0, 0.05) is 17.3 Å². The maximum absolute atomic E-state index is 13.8. The van der Waals surface area contributed by atoms with Gasteiger partial charge in [-0.05, 0) is 54.7 Å². The van der Waals surface area contributed by atoms with Gasteiger partial charge in [-0.3, -0.25) is 9.78 Å². The molecule has 1 aliphatic heterocycles. The molecular formula is C21H22F2N2O. The smallest absolute Gasteiger partial charge is 0.254 e. The summed E-state index contributed by atoms with van der Waals surface area (Å²) in [6.07, 6.45) is 3.16. The molecule has 2 heterocycles. The summed E-state index contributed by atoms with van der Waals surface area (Å²) in [5.74, 6) is -0.275. The van der Waals surface area contributed by atoms with Crippen molar-refractivity contribution in [2.24, 2.45) is 0 Å². The van der Waals surface area contributed by atoms with Gasteiger partial charge in [0.2, 0.25) is 0 Å². The highest BCUT2D eigenvalue weighted by molar-refractivity contribution is 6.01. The number of carbonyl (C=O) groups excluding carboxylic acids is 1. The Hall–Kier alpha value is -2.30. The van der Waals surface area contributed by atoms with Gasteiger partial charge in [0.1, 0.15) is 12.0 Å². The molecule has 5 heteroatoms. The number of pyridine rings is 1. The van der Waals surface area contributed by atoms with Crippen molar-refractivity contribution in [1.29, 1.82) is 0 Å². The number of aryl methyl sites for hydroxylation is 1. The molecule has 2 aromatic rings. The van der Waals surface area contributed by atoms with Crippen LogP contribution >= 0.6 is 0 Å². The van der Waals surface area contributed by atoms with Crippen molar-refractivity contribution >= 4 is 5.91 Å². The van der Waals surface area contributed by atoms with Crippen LogP contribution in [0.1, 0.15) is 53.8 Å². The highest BCUT2D eigenvalue weighted by Gasteiger charge is 2.32. The normalized spacial score (nSPS) is 17.3. The largest absolute Gasteiger partial charge is 0.333 e. The fraction of sp³-hybridized carbons (Fsp3) is 0.429. The van der Waals surface area contributed by atoms with Crippen molar-refractivity contribution in [2.75, 3.05) is 13.1 Å². The highest BCUT2D eigenvalue weighted by Crippen LogP contribution is 2.41. The zero-order valence-corrected chi connectivity index (χ0v) is 14.8. The minimum atomic E-state index is -0.977. The summed E-state index contributed by atoms with van der Waals surface area (Å²) < 4.78 is 27.0. The molecule has 0 radical (unpaired) electrons. The average Bonchev–Trinajstić information content (AvgIpc) is 3.43. The number of hydrogen-bond acceptors (Lipinski definition) is 2. The van der Waals surface area contributed by atoms with Gasteiger partial charge in [0.15, 0.2) is 0 Å². The molecule has 0 bridgehead atoms. The number of nitrogens with zero attached hydrogens (tertiary/aromatic N) is 2. The van der Waals surface area contributed by atoms with Crippen molar-refractivity contribution in [1.82, 2.24) is 9.88 Å². The van der Waals surface area contributed by atoms with E-state index in [-0.39, 0.29) is 19.0 Å². The van der Waals surface area contributed by atoms with E-state index in [2.05, 4.69) is 6.92 Å². The van der Waals surface area contributed by atoms with E-state index in [9.17, 15) is 13.6 Å². The third-order valence-electron chi connectivity index (χ3n) is 5.05. The molecule has 1 amide bonds. The third kappa shape index (κ3) is 3.35. The average molecular weight is 356 g/mol. The quantitative estimate of drug-likeness (QED) is 0.790. The zero-order valence-electron chi connectivity index (χ0n) is 14.8. The third-order valence-corrected chi connectivity index (χ3v) is 5.05. The lowest BCUT2D eigenvalue weighted by Gasteiger charge is -2.34. The summed E-state index contributed by atoms with van der Waals surface area (Å²) in [7, 11) is 0. The van der Waals surface area contributed by atoms with Crippen LogP contribution in [0.25, 0.3) is 11.1 Å². The summed E-state index contributed by atoms with van der Waals surface area (Å²) in [5.41, 5.74) is 3.95. The lowest BCUT2D eigenvalue weighted by Crippen LogP contribution is -2.51. The molecule has 2 aliphatic rings. The first kappa shape index (κ1) is 17.1. The van der Waals surface area contributed by atoms with Crippen molar-refractivity contribution in [3.63, 3.8) is 0 Å². The number of likely N-dealkylation sites (tertiary alicyclic amines) is 1. The maximum Gasteiger partial charge on any atom is 0.254 e. The summed E-state index contributed by atoms with van der Waals surface area (Å²) in [5, 5.41) is 0. The van der Waals surface area contributed by atoms with Crippen LogP contribution in [0.4, 0.5) is 8.78 Å². The number of aromatic nitrogens is 1. The number of carbonyl (C=O) groups is 1. The van der Waals surface area contributed by atoms with E-state index in [1.54, 1.807) is 6.07 Å². The predicted molar refractivity (Wildman–Crippen MR) is 96.4 cm³/mol. The number of benzene rings is 1. The predicted octanol–water partition coefficient (Wildman–Crippen LogP) is 4.51. The topological polar surface area (TPSA) is 33.2 Å². The molecule has 1 saturated carbocycles. The Morgan fingerprint density at radius 2 is 2.00 bits per heavy atom. The second-order valence-electron chi connectivity index (χ2n) is 7.29. The molecule has 0 unspecified atom stereocenters. The molecule has 136 valence electrons. The van der Waals surface area contributed by atoms with E-state index in [0.717, 1.165) is 42.6 Å². The molecule has 0 atom stereocenters. The van der Waals surface area contributed by atoms with Crippen LogP contribution < -0.4 is 0 Å². The Kier molecular flexibility index (Phi) is 4.47. The van der Waals surface area contributed by atoms with Gasteiger partial charge in [-0.1, -0.05) is 19.4 Å². The van der Waals surface area contributed by atoms with E-state index in [1.165, 1.54) is 17.0 Å². The Bertz CT molecular complexity index is 842. The molecule has 1 aromatic heterocycles. The Morgan fingerprint density at radius 1 is 1.23 bits per heavy atom. The number of amides is 1.